The summed E-state index contributed by atoms with van der Waals surface area (Å²) >= 11 is 0. The van der Waals surface area contributed by atoms with Crippen molar-refractivity contribution in [1.29, 1.82) is 0 Å². The summed E-state index contributed by atoms with van der Waals surface area (Å²) in [6.07, 6.45) is -4.59. The van der Waals surface area contributed by atoms with Crippen molar-refractivity contribution in [2.75, 3.05) is 0 Å². The van der Waals surface area contributed by atoms with Crippen LogP contribution in [-0.2, 0) is 22.3 Å². The smallest absolute Gasteiger partial charge is 0.417 e. The molecule has 0 aliphatic rings. The summed E-state index contributed by atoms with van der Waals surface area (Å²) in [6, 6.07) is 17.3. The van der Waals surface area contributed by atoms with E-state index in [1.807, 2.05) is 30.3 Å². The van der Waals surface area contributed by atoms with Gasteiger partial charge >= 0.3 is 12.1 Å². The minimum atomic E-state index is -4.48. The Hall–Kier alpha value is -3.59. The third kappa shape index (κ3) is 6.23. The summed E-state index contributed by atoms with van der Waals surface area (Å²) in [5.74, 6) is -0.671. The summed E-state index contributed by atoms with van der Waals surface area (Å²) in [6.45, 7) is 3.26. The monoisotopic (exact) mass is 461 g/mol. The molecule has 0 aliphatic heterocycles. The first-order valence-corrected chi connectivity index (χ1v) is 9.97. The van der Waals surface area contributed by atoms with E-state index >= 15 is 0 Å². The van der Waals surface area contributed by atoms with Crippen molar-refractivity contribution in [2.45, 2.75) is 38.3 Å². The Labute approximate surface area is 188 Å². The van der Waals surface area contributed by atoms with Crippen LogP contribution in [0.5, 0.6) is 17.4 Å². The van der Waals surface area contributed by atoms with Crippen molar-refractivity contribution in [1.82, 2.24) is 4.98 Å². The molecule has 0 spiro atoms. The second kappa shape index (κ2) is 9.91. The second-order valence-corrected chi connectivity index (χ2v) is 7.41. The van der Waals surface area contributed by atoms with Crippen molar-refractivity contribution in [2.24, 2.45) is 0 Å². The van der Waals surface area contributed by atoms with Crippen molar-refractivity contribution >= 4 is 5.97 Å². The minimum absolute atomic E-state index is 0.0185. The molecule has 2 atom stereocenters. The molecule has 174 valence electrons. The van der Waals surface area contributed by atoms with Crippen LogP contribution < -0.4 is 9.47 Å². The molecule has 0 saturated heterocycles. The van der Waals surface area contributed by atoms with Gasteiger partial charge in [-0.1, -0.05) is 30.3 Å². The molecule has 1 N–H and O–H groups in total. The van der Waals surface area contributed by atoms with Crippen molar-refractivity contribution in [3.05, 3.63) is 84.1 Å². The number of carboxylic acid groups (broad SMARTS) is 1. The molecule has 1 heterocycles. The number of rotatable bonds is 9. The average molecular weight is 461 g/mol. The fourth-order valence-electron chi connectivity index (χ4n) is 2.80. The minimum Gasteiger partial charge on any atom is -0.478 e. The maximum atomic E-state index is 12.6. The number of nitrogens with zero attached hydrogens (tertiary/aromatic N) is 1. The summed E-state index contributed by atoms with van der Waals surface area (Å²) in [7, 11) is 0. The van der Waals surface area contributed by atoms with Crippen LogP contribution in [0.3, 0.4) is 0 Å². The van der Waals surface area contributed by atoms with E-state index in [2.05, 4.69) is 4.98 Å². The Morgan fingerprint density at radius 1 is 1.00 bits per heavy atom. The van der Waals surface area contributed by atoms with Crippen LogP contribution in [0.25, 0.3) is 0 Å². The lowest BCUT2D eigenvalue weighted by Gasteiger charge is -2.32. The van der Waals surface area contributed by atoms with Gasteiger partial charge in [-0.15, -0.1) is 0 Å². The number of carbonyl (C=O) groups is 1. The summed E-state index contributed by atoms with van der Waals surface area (Å²) in [4.78, 5) is 15.6. The van der Waals surface area contributed by atoms with E-state index in [1.54, 1.807) is 6.92 Å². The lowest BCUT2D eigenvalue weighted by molar-refractivity contribution is -0.168. The van der Waals surface area contributed by atoms with E-state index < -0.39 is 29.4 Å². The molecule has 2 aromatic carbocycles. The molecule has 3 rings (SSSR count). The molecular formula is C24H22F3NO5. The van der Waals surface area contributed by atoms with E-state index in [4.69, 9.17) is 14.2 Å². The van der Waals surface area contributed by atoms with Gasteiger partial charge in [0.25, 0.3) is 0 Å². The maximum absolute atomic E-state index is 12.6. The van der Waals surface area contributed by atoms with Crippen molar-refractivity contribution in [3.8, 4) is 17.4 Å². The number of aromatic nitrogens is 1. The van der Waals surface area contributed by atoms with Crippen LogP contribution in [0, 0.1) is 0 Å². The SMILES string of the molecule is CC(OCc1ccccc1)C(C)(Oc1ccc(Oc2ccc(C(F)(F)F)cn2)cc1)C(=O)O. The first-order valence-electron chi connectivity index (χ1n) is 9.97. The van der Waals surface area contributed by atoms with E-state index in [0.29, 0.717) is 11.9 Å². The van der Waals surface area contributed by atoms with Crippen molar-refractivity contribution in [3.63, 3.8) is 0 Å². The lowest BCUT2D eigenvalue weighted by Crippen LogP contribution is -2.51. The fourth-order valence-corrected chi connectivity index (χ4v) is 2.80. The molecule has 33 heavy (non-hydrogen) atoms. The maximum Gasteiger partial charge on any atom is 0.417 e. The highest BCUT2D eigenvalue weighted by atomic mass is 19.4. The number of hydrogen-bond acceptors (Lipinski definition) is 5. The molecular weight excluding hydrogens is 439 g/mol. The van der Waals surface area contributed by atoms with Gasteiger partial charge in [-0.05, 0) is 49.7 Å². The zero-order chi connectivity index (χ0) is 24.1. The standard InChI is InChI=1S/C24H22F3NO5/c1-16(31-15-17-6-4-3-5-7-17)23(2,22(29)30)33-20-11-9-19(10-12-20)32-21-13-8-18(14-28-21)24(25,26)27/h3-14,16H,15H2,1-2H3,(H,29,30). The first kappa shape index (κ1) is 24.1. The zero-order valence-electron chi connectivity index (χ0n) is 17.9. The Morgan fingerprint density at radius 3 is 2.18 bits per heavy atom. The molecule has 3 aromatic rings. The molecule has 0 saturated carbocycles. The van der Waals surface area contributed by atoms with Gasteiger partial charge in [0, 0.05) is 12.3 Å². The highest BCUT2D eigenvalue weighted by molar-refractivity contribution is 5.78. The number of carboxylic acids is 1. The number of benzene rings is 2. The Balaban J connectivity index is 1.65. The van der Waals surface area contributed by atoms with Gasteiger partial charge in [0.1, 0.15) is 17.6 Å². The van der Waals surface area contributed by atoms with Gasteiger partial charge in [-0.2, -0.15) is 13.2 Å². The number of aliphatic carboxylic acids is 1. The average Bonchev–Trinajstić information content (AvgIpc) is 2.79. The van der Waals surface area contributed by atoms with Gasteiger partial charge in [0.2, 0.25) is 11.5 Å². The van der Waals surface area contributed by atoms with Crippen LogP contribution in [0.2, 0.25) is 0 Å². The highest BCUT2D eigenvalue weighted by Crippen LogP contribution is 2.31. The predicted octanol–water partition coefficient (Wildman–Crippen LogP) is 5.72. The molecule has 0 aliphatic carbocycles. The molecule has 0 radical (unpaired) electrons. The number of hydrogen-bond donors (Lipinski definition) is 1. The largest absolute Gasteiger partial charge is 0.478 e. The first-order chi connectivity index (χ1) is 15.6. The Kier molecular flexibility index (Phi) is 7.23. The predicted molar refractivity (Wildman–Crippen MR) is 113 cm³/mol. The number of alkyl halides is 3. The van der Waals surface area contributed by atoms with Crippen LogP contribution in [-0.4, -0.2) is 27.8 Å². The molecule has 6 nitrogen and oxygen atoms in total. The number of pyridine rings is 1. The summed E-state index contributed by atoms with van der Waals surface area (Å²) in [5, 5.41) is 9.77. The second-order valence-electron chi connectivity index (χ2n) is 7.41. The molecule has 9 heteroatoms. The third-order valence-corrected chi connectivity index (χ3v) is 4.98. The Bertz CT molecular complexity index is 1060. The van der Waals surface area contributed by atoms with E-state index in [0.717, 1.165) is 17.7 Å². The molecule has 0 bridgehead atoms. The van der Waals surface area contributed by atoms with Gasteiger partial charge in [-0.3, -0.25) is 0 Å². The molecule has 1 aromatic heterocycles. The fraction of sp³-hybridized carbons (Fsp3) is 0.250. The highest BCUT2D eigenvalue weighted by Gasteiger charge is 2.42. The number of ether oxygens (including phenoxy) is 3. The van der Waals surface area contributed by atoms with Crippen LogP contribution in [0.1, 0.15) is 25.0 Å². The molecule has 2 unspecified atom stereocenters. The third-order valence-electron chi connectivity index (χ3n) is 4.98. The van der Waals surface area contributed by atoms with Gasteiger partial charge in [0.15, 0.2) is 0 Å². The van der Waals surface area contributed by atoms with Gasteiger partial charge < -0.3 is 19.3 Å². The van der Waals surface area contributed by atoms with E-state index in [-0.39, 0.29) is 18.2 Å². The summed E-state index contributed by atoms with van der Waals surface area (Å²) in [5.41, 5.74) is -1.66. The normalized spacial score (nSPS) is 14.2. The topological polar surface area (TPSA) is 77.9 Å². The van der Waals surface area contributed by atoms with E-state index in [9.17, 15) is 23.1 Å². The molecule has 0 fully saturated rings. The molecule has 0 amide bonds. The van der Waals surface area contributed by atoms with Gasteiger partial charge in [-0.25, -0.2) is 9.78 Å². The van der Waals surface area contributed by atoms with Crippen LogP contribution >= 0.6 is 0 Å². The van der Waals surface area contributed by atoms with Crippen LogP contribution in [0.15, 0.2) is 72.9 Å². The van der Waals surface area contributed by atoms with Crippen molar-refractivity contribution < 1.29 is 37.3 Å². The zero-order valence-corrected chi connectivity index (χ0v) is 17.9. The lowest BCUT2D eigenvalue weighted by atomic mass is 10.00. The quantitative estimate of drug-likeness (QED) is 0.439. The Morgan fingerprint density at radius 2 is 1.64 bits per heavy atom. The number of halogens is 3. The van der Waals surface area contributed by atoms with Crippen LogP contribution in [0.4, 0.5) is 13.2 Å². The van der Waals surface area contributed by atoms with E-state index in [1.165, 1.54) is 31.2 Å². The van der Waals surface area contributed by atoms with Gasteiger partial charge in [0.05, 0.1) is 12.2 Å². The summed E-state index contributed by atoms with van der Waals surface area (Å²) < 4.78 is 54.8.